The molecule has 2 unspecified atom stereocenters. The smallest absolute Gasteiger partial charge is 0.236 e. The zero-order valence-corrected chi connectivity index (χ0v) is 12.1. The summed E-state index contributed by atoms with van der Waals surface area (Å²) in [6.07, 6.45) is 2.04. The molecule has 0 aliphatic rings. The first-order valence-electron chi connectivity index (χ1n) is 4.39. The molecule has 0 fully saturated rings. The van der Waals surface area contributed by atoms with Gasteiger partial charge in [-0.1, -0.05) is 0 Å². The zero-order chi connectivity index (χ0) is 14.3. The van der Waals surface area contributed by atoms with E-state index in [4.69, 9.17) is 4.74 Å². The van der Waals surface area contributed by atoms with Crippen LogP contribution in [0.1, 0.15) is 0 Å². The molecule has 2 heterocycles. The molecule has 0 amide bonds. The molecule has 0 spiro atoms. The van der Waals surface area contributed by atoms with E-state index in [1.165, 1.54) is 0 Å². The summed E-state index contributed by atoms with van der Waals surface area (Å²) < 4.78 is 46.4. The summed E-state index contributed by atoms with van der Waals surface area (Å²) in [5, 5.41) is 11.6. The predicted molar refractivity (Wildman–Crippen MR) is 70.1 cm³/mol. The monoisotopic (exact) mass is 342 g/mol. The van der Waals surface area contributed by atoms with Crippen LogP contribution < -0.4 is 4.74 Å². The molecule has 9 nitrogen and oxygen atoms in total. The van der Waals surface area contributed by atoms with Gasteiger partial charge in [-0.15, -0.1) is 0 Å². The first-order chi connectivity index (χ1) is 8.69. The molecule has 2 rings (SSSR count). The van der Waals surface area contributed by atoms with E-state index in [1.54, 1.807) is 0 Å². The average molecular weight is 342 g/mol. The number of nitrogens with zero attached hydrogens (tertiary/aromatic N) is 2. The maximum absolute atomic E-state index is 11.4. The van der Waals surface area contributed by atoms with Crippen LogP contribution in [0.2, 0.25) is 0 Å². The van der Waals surface area contributed by atoms with Crippen LogP contribution in [0.5, 0.6) is 11.8 Å². The molecule has 0 bridgehead atoms. The summed E-state index contributed by atoms with van der Waals surface area (Å²) in [6.45, 7) is 0. The van der Waals surface area contributed by atoms with Gasteiger partial charge in [-0.05, 0) is 0 Å². The van der Waals surface area contributed by atoms with Crippen LogP contribution in [0.4, 0.5) is 0 Å². The van der Waals surface area contributed by atoms with Gasteiger partial charge in [0.1, 0.15) is 9.79 Å². The molecule has 2 aromatic heterocycles. The quantitative estimate of drug-likeness (QED) is 0.607. The SMILES string of the molecule is O=S(O)(=S)c1cn[nH]c1Oc1[nH]ncc1S(=O)(O)=S. The van der Waals surface area contributed by atoms with Crippen molar-refractivity contribution in [3.63, 3.8) is 0 Å². The normalized spacial score (nSPS) is 17.6. The van der Waals surface area contributed by atoms with Crippen LogP contribution in [-0.4, -0.2) is 37.9 Å². The molecule has 2 atom stereocenters. The molecule has 0 radical (unpaired) electrons. The molecule has 0 aliphatic heterocycles. The van der Waals surface area contributed by atoms with E-state index in [-0.39, 0.29) is 21.6 Å². The van der Waals surface area contributed by atoms with Gasteiger partial charge in [0.25, 0.3) is 0 Å². The molecule has 0 saturated heterocycles. The molecular formula is C6H6N4O5S4. The molecule has 2 aromatic rings. The second-order valence-electron chi connectivity index (χ2n) is 3.18. The number of H-pyrrole nitrogens is 2. The number of aromatic nitrogens is 4. The van der Waals surface area contributed by atoms with Gasteiger partial charge in [-0.3, -0.25) is 0 Å². The molecular weight excluding hydrogens is 336 g/mol. The van der Waals surface area contributed by atoms with Crippen LogP contribution >= 0.6 is 0 Å². The second-order valence-corrected chi connectivity index (χ2v) is 8.67. The lowest BCUT2D eigenvalue weighted by Gasteiger charge is -2.04. The number of hydrogen-bond donors (Lipinski definition) is 4. The molecule has 19 heavy (non-hydrogen) atoms. The van der Waals surface area contributed by atoms with Crippen molar-refractivity contribution >= 4 is 39.9 Å². The Morgan fingerprint density at radius 2 is 1.37 bits per heavy atom. The van der Waals surface area contributed by atoms with Crippen LogP contribution in [-0.2, 0) is 39.9 Å². The maximum Gasteiger partial charge on any atom is 0.236 e. The van der Waals surface area contributed by atoms with Crippen molar-refractivity contribution < 1.29 is 22.3 Å². The molecule has 13 heteroatoms. The zero-order valence-electron chi connectivity index (χ0n) is 8.80. The Hall–Kier alpha value is -1.12. The van der Waals surface area contributed by atoms with Crippen molar-refractivity contribution in [2.24, 2.45) is 0 Å². The number of ether oxygens (including phenoxy) is 1. The van der Waals surface area contributed by atoms with Crippen molar-refractivity contribution in [1.82, 2.24) is 20.4 Å². The van der Waals surface area contributed by atoms with E-state index in [2.05, 4.69) is 42.8 Å². The largest absolute Gasteiger partial charge is 0.419 e. The lowest BCUT2D eigenvalue weighted by Crippen LogP contribution is -2.01. The lowest BCUT2D eigenvalue weighted by atomic mass is 10.6. The molecule has 0 aliphatic carbocycles. The second kappa shape index (κ2) is 4.77. The minimum absolute atomic E-state index is 0.244. The van der Waals surface area contributed by atoms with Crippen LogP contribution in [0, 0.1) is 0 Å². The summed E-state index contributed by atoms with van der Waals surface area (Å²) in [6, 6.07) is 0. The highest BCUT2D eigenvalue weighted by Gasteiger charge is 2.21. The highest BCUT2D eigenvalue weighted by molar-refractivity contribution is 8.30. The van der Waals surface area contributed by atoms with Crippen LogP contribution in [0.25, 0.3) is 0 Å². The van der Waals surface area contributed by atoms with Gasteiger partial charge in [0.05, 0.1) is 12.4 Å². The van der Waals surface area contributed by atoms with Gasteiger partial charge in [0, 0.05) is 22.4 Å². The highest BCUT2D eigenvalue weighted by Crippen LogP contribution is 2.29. The van der Waals surface area contributed by atoms with Gasteiger partial charge in [0.2, 0.25) is 11.8 Å². The number of nitrogens with one attached hydrogen (secondary N) is 2. The lowest BCUT2D eigenvalue weighted by molar-refractivity contribution is 0.417. The minimum Gasteiger partial charge on any atom is -0.419 e. The maximum atomic E-state index is 11.4. The summed E-state index contributed by atoms with van der Waals surface area (Å²) in [5.41, 5.74) is 0. The number of aromatic amines is 2. The third-order valence-corrected chi connectivity index (χ3v) is 4.67. The van der Waals surface area contributed by atoms with E-state index in [9.17, 15) is 17.5 Å². The van der Waals surface area contributed by atoms with Crippen molar-refractivity contribution in [3.05, 3.63) is 12.4 Å². The molecule has 0 aromatic carbocycles. The summed E-state index contributed by atoms with van der Waals surface area (Å²) in [7, 11) is -7.44. The van der Waals surface area contributed by atoms with Gasteiger partial charge in [-0.25, -0.2) is 18.6 Å². The van der Waals surface area contributed by atoms with Crippen LogP contribution in [0.3, 0.4) is 0 Å². The summed E-state index contributed by atoms with van der Waals surface area (Å²) in [5.74, 6) is -0.488. The topological polar surface area (TPSA) is 141 Å². The Morgan fingerprint density at radius 3 is 1.68 bits per heavy atom. The number of rotatable bonds is 4. The first-order valence-corrected chi connectivity index (χ1v) is 9.27. The van der Waals surface area contributed by atoms with Crippen molar-refractivity contribution in [2.75, 3.05) is 0 Å². The van der Waals surface area contributed by atoms with Crippen molar-refractivity contribution in [1.29, 1.82) is 0 Å². The Balaban J connectivity index is 2.45. The van der Waals surface area contributed by atoms with Gasteiger partial charge < -0.3 is 13.8 Å². The Kier molecular flexibility index (Phi) is 3.59. The first kappa shape index (κ1) is 14.3. The third-order valence-electron chi connectivity index (χ3n) is 1.90. The highest BCUT2D eigenvalue weighted by atomic mass is 32.8. The fourth-order valence-corrected chi connectivity index (χ4v) is 2.87. The average Bonchev–Trinajstić information content (AvgIpc) is 2.83. The van der Waals surface area contributed by atoms with Gasteiger partial charge in [-0.2, -0.15) is 10.2 Å². The summed E-state index contributed by atoms with van der Waals surface area (Å²) >= 11 is 8.77. The fourth-order valence-electron chi connectivity index (χ4n) is 1.14. The third kappa shape index (κ3) is 3.07. The van der Waals surface area contributed by atoms with E-state index in [1.807, 2.05) is 0 Å². The Bertz CT molecular complexity index is 736. The van der Waals surface area contributed by atoms with Gasteiger partial charge >= 0.3 is 0 Å². The standard InChI is InChI=1S/C6H6N4O5S4/c11-18(12,16)3-1-7-9-5(3)15-6-4(2-8-10-6)19(13,14)17/h1-2H,(H,7,9)(H,8,10)(H,11,12,16)(H,13,14,17). The fraction of sp³-hybridized carbons (Fsp3) is 0. The van der Waals surface area contributed by atoms with Crippen molar-refractivity contribution in [3.8, 4) is 11.8 Å². The van der Waals surface area contributed by atoms with E-state index in [0.717, 1.165) is 12.4 Å². The Morgan fingerprint density at radius 1 is 1.00 bits per heavy atom. The summed E-state index contributed by atoms with van der Waals surface area (Å²) in [4.78, 5) is -0.534. The van der Waals surface area contributed by atoms with Crippen molar-refractivity contribution in [2.45, 2.75) is 9.79 Å². The van der Waals surface area contributed by atoms with Crippen LogP contribution in [0.15, 0.2) is 22.2 Å². The van der Waals surface area contributed by atoms with E-state index >= 15 is 0 Å². The molecule has 4 N–H and O–H groups in total. The molecule has 104 valence electrons. The minimum atomic E-state index is -3.72. The Labute approximate surface area is 116 Å². The molecule has 0 saturated carbocycles. The predicted octanol–water partition coefficient (Wildman–Crippen LogP) is 0.0815. The van der Waals surface area contributed by atoms with E-state index in [0.29, 0.717) is 0 Å². The van der Waals surface area contributed by atoms with E-state index < -0.39 is 17.5 Å². The van der Waals surface area contributed by atoms with Gasteiger partial charge in [0.15, 0.2) is 17.5 Å². The number of hydrogen-bond acceptors (Lipinski definition) is 7.